The molecule has 0 aromatic rings. The first-order valence-electron chi connectivity index (χ1n) is 12.4. The van der Waals surface area contributed by atoms with Crippen LogP contribution in [0, 0.1) is 0 Å². The molecule has 0 bridgehead atoms. The molecule has 194 valence electrons. The molecule has 6 N–H and O–H groups in total. The number of hydrogen-bond acceptors (Lipinski definition) is 8. The predicted molar refractivity (Wildman–Crippen MR) is 124 cm³/mol. The molecule has 1 rings (SSSR count). The second kappa shape index (κ2) is 17.4. The van der Waals surface area contributed by atoms with Crippen LogP contribution >= 0.6 is 0 Å². The highest BCUT2D eigenvalue weighted by atomic mass is 16.7. The van der Waals surface area contributed by atoms with E-state index >= 15 is 0 Å². The molecule has 33 heavy (non-hydrogen) atoms. The number of aliphatic hydroxyl groups excluding tert-OH is 5. The number of hydrogen-bond donors (Lipinski definition) is 6. The summed E-state index contributed by atoms with van der Waals surface area (Å²) in [6, 6.07) is -0.789. The number of amides is 1. The Morgan fingerprint density at radius 3 is 2.30 bits per heavy atom. The maximum atomic E-state index is 12.4. The molecule has 1 fully saturated rings. The average Bonchev–Trinajstić information content (AvgIpc) is 2.81. The van der Waals surface area contributed by atoms with E-state index in [-0.39, 0.29) is 12.5 Å². The highest BCUT2D eigenvalue weighted by Gasteiger charge is 2.44. The first kappa shape index (κ1) is 30.0. The Morgan fingerprint density at radius 1 is 1.00 bits per heavy atom. The summed E-state index contributed by atoms with van der Waals surface area (Å²) in [6.07, 6.45) is 4.95. The van der Waals surface area contributed by atoms with E-state index in [1.165, 1.54) is 6.42 Å². The molecule has 7 unspecified atom stereocenters. The Morgan fingerprint density at radius 2 is 1.67 bits per heavy atom. The summed E-state index contributed by atoms with van der Waals surface area (Å²) in [6.45, 7) is 3.48. The van der Waals surface area contributed by atoms with E-state index in [1.807, 2.05) is 6.08 Å². The lowest BCUT2D eigenvalue weighted by Crippen LogP contribution is -2.60. The fourth-order valence-electron chi connectivity index (χ4n) is 3.68. The minimum absolute atomic E-state index is 0.190. The van der Waals surface area contributed by atoms with Crippen molar-refractivity contribution >= 4 is 5.91 Å². The summed E-state index contributed by atoms with van der Waals surface area (Å²) >= 11 is 0. The predicted octanol–water partition coefficient (Wildman–Crippen LogP) is 1.15. The number of nitrogens with one attached hydrogen (secondary N) is 1. The minimum atomic E-state index is -1.56. The molecule has 0 saturated carbocycles. The smallest absolute Gasteiger partial charge is 0.220 e. The zero-order valence-electron chi connectivity index (χ0n) is 20.1. The number of ether oxygens (including phenoxy) is 2. The Labute approximate surface area is 197 Å². The molecule has 0 aromatic carbocycles. The first-order valence-corrected chi connectivity index (χ1v) is 12.4. The third-order valence-electron chi connectivity index (χ3n) is 5.86. The minimum Gasteiger partial charge on any atom is -0.394 e. The van der Waals surface area contributed by atoms with Crippen molar-refractivity contribution in [2.75, 3.05) is 13.2 Å². The van der Waals surface area contributed by atoms with E-state index in [1.54, 1.807) is 6.08 Å². The number of allylic oxidation sites excluding steroid dienone is 1. The van der Waals surface area contributed by atoms with Crippen LogP contribution in [0.5, 0.6) is 0 Å². The van der Waals surface area contributed by atoms with Gasteiger partial charge in [-0.2, -0.15) is 0 Å². The van der Waals surface area contributed by atoms with Crippen molar-refractivity contribution in [3.8, 4) is 0 Å². The van der Waals surface area contributed by atoms with Gasteiger partial charge < -0.3 is 40.3 Å². The molecular weight excluding hydrogens is 430 g/mol. The number of aliphatic hydroxyl groups is 5. The highest BCUT2D eigenvalue weighted by Crippen LogP contribution is 2.22. The van der Waals surface area contributed by atoms with Crippen LogP contribution in [0.1, 0.15) is 78.1 Å². The zero-order valence-corrected chi connectivity index (χ0v) is 20.1. The largest absolute Gasteiger partial charge is 0.394 e. The summed E-state index contributed by atoms with van der Waals surface area (Å²) < 4.78 is 10.9. The second-order valence-electron chi connectivity index (χ2n) is 8.78. The van der Waals surface area contributed by atoms with E-state index < -0.39 is 49.5 Å². The van der Waals surface area contributed by atoms with Crippen LogP contribution in [0.2, 0.25) is 0 Å². The molecule has 0 aromatic heterocycles. The highest BCUT2D eigenvalue weighted by molar-refractivity contribution is 5.76. The molecule has 1 aliphatic heterocycles. The molecule has 0 aliphatic carbocycles. The maximum absolute atomic E-state index is 12.4. The molecular formula is C24H45NO8. The molecule has 1 amide bonds. The summed E-state index contributed by atoms with van der Waals surface area (Å²) in [7, 11) is 0. The van der Waals surface area contributed by atoms with Gasteiger partial charge in [0.1, 0.15) is 24.4 Å². The second-order valence-corrected chi connectivity index (χ2v) is 8.78. The molecule has 9 nitrogen and oxygen atoms in total. The van der Waals surface area contributed by atoms with Gasteiger partial charge in [-0.1, -0.05) is 64.5 Å². The quantitative estimate of drug-likeness (QED) is 0.136. The van der Waals surface area contributed by atoms with E-state index in [0.717, 1.165) is 51.4 Å². The number of carbonyl (C=O) groups is 1. The first-order chi connectivity index (χ1) is 15.8. The van der Waals surface area contributed by atoms with Gasteiger partial charge in [0.15, 0.2) is 6.29 Å². The van der Waals surface area contributed by atoms with Gasteiger partial charge in [0.05, 0.1) is 25.4 Å². The van der Waals surface area contributed by atoms with E-state index in [0.29, 0.717) is 6.42 Å². The molecule has 1 heterocycles. The summed E-state index contributed by atoms with van der Waals surface area (Å²) in [5, 5.41) is 52.7. The third kappa shape index (κ3) is 11.3. The SMILES string of the molecule is CCCCCC/C=C/C(O)C(COC1OC(CO)C(O)C(O)C1O)NC(=O)CCCCCC. The lowest BCUT2D eigenvalue weighted by atomic mass is 9.99. The lowest BCUT2D eigenvalue weighted by Gasteiger charge is -2.40. The monoisotopic (exact) mass is 475 g/mol. The van der Waals surface area contributed by atoms with Crippen LogP contribution < -0.4 is 5.32 Å². The third-order valence-corrected chi connectivity index (χ3v) is 5.86. The summed E-state index contributed by atoms with van der Waals surface area (Å²) in [4.78, 5) is 12.4. The van der Waals surface area contributed by atoms with Crippen LogP contribution in [-0.4, -0.2) is 87.5 Å². The molecule has 1 aliphatic rings. The normalized spacial score (nSPS) is 27.5. The van der Waals surface area contributed by atoms with Crippen molar-refractivity contribution in [3.05, 3.63) is 12.2 Å². The number of carbonyl (C=O) groups excluding carboxylic acids is 1. The number of unbranched alkanes of at least 4 members (excludes halogenated alkanes) is 7. The van der Waals surface area contributed by atoms with Gasteiger partial charge in [-0.05, 0) is 19.3 Å². The van der Waals surface area contributed by atoms with Gasteiger partial charge in [0, 0.05) is 6.42 Å². The van der Waals surface area contributed by atoms with Crippen LogP contribution in [0.3, 0.4) is 0 Å². The topological polar surface area (TPSA) is 149 Å². The standard InChI is InChI=1S/C24H45NO8/c1-3-5-7-9-10-11-13-18(27)17(25-20(28)14-12-8-6-4-2)16-32-24-23(31)22(30)21(29)19(15-26)33-24/h11,13,17-19,21-24,26-27,29-31H,3-10,12,14-16H2,1-2H3,(H,25,28)/b13-11+. The average molecular weight is 476 g/mol. The van der Waals surface area contributed by atoms with Crippen LogP contribution in [-0.2, 0) is 14.3 Å². The van der Waals surface area contributed by atoms with Gasteiger partial charge in [0.25, 0.3) is 0 Å². The van der Waals surface area contributed by atoms with Crippen LogP contribution in [0.4, 0.5) is 0 Å². The van der Waals surface area contributed by atoms with Crippen molar-refractivity contribution in [2.45, 2.75) is 121 Å². The van der Waals surface area contributed by atoms with E-state index in [9.17, 15) is 30.3 Å². The molecule has 0 radical (unpaired) electrons. The molecule has 0 spiro atoms. The van der Waals surface area contributed by atoms with Crippen LogP contribution in [0.15, 0.2) is 12.2 Å². The van der Waals surface area contributed by atoms with E-state index in [4.69, 9.17) is 9.47 Å². The lowest BCUT2D eigenvalue weighted by molar-refractivity contribution is -0.302. The Bertz CT molecular complexity index is 545. The molecule has 7 atom stereocenters. The van der Waals surface area contributed by atoms with Crippen molar-refractivity contribution < 1.29 is 39.8 Å². The van der Waals surface area contributed by atoms with E-state index in [2.05, 4.69) is 19.2 Å². The van der Waals surface area contributed by atoms with Gasteiger partial charge in [-0.15, -0.1) is 0 Å². The van der Waals surface area contributed by atoms with Crippen LogP contribution in [0.25, 0.3) is 0 Å². The van der Waals surface area contributed by atoms with Gasteiger partial charge >= 0.3 is 0 Å². The van der Waals surface area contributed by atoms with Crippen molar-refractivity contribution in [1.82, 2.24) is 5.32 Å². The van der Waals surface area contributed by atoms with Gasteiger partial charge in [-0.3, -0.25) is 4.79 Å². The van der Waals surface area contributed by atoms with Crippen molar-refractivity contribution in [1.29, 1.82) is 0 Å². The summed E-state index contributed by atoms with van der Waals surface area (Å²) in [5.41, 5.74) is 0. The number of rotatable bonds is 17. The summed E-state index contributed by atoms with van der Waals surface area (Å²) in [5.74, 6) is -0.205. The van der Waals surface area contributed by atoms with Crippen molar-refractivity contribution in [2.24, 2.45) is 0 Å². The Hall–Kier alpha value is -1.07. The molecule has 1 saturated heterocycles. The molecule has 9 heteroatoms. The fourth-order valence-corrected chi connectivity index (χ4v) is 3.68. The van der Waals surface area contributed by atoms with Crippen molar-refractivity contribution in [3.63, 3.8) is 0 Å². The van der Waals surface area contributed by atoms with Gasteiger partial charge in [-0.25, -0.2) is 0 Å². The zero-order chi connectivity index (χ0) is 24.6. The fraction of sp³-hybridized carbons (Fsp3) is 0.875. The maximum Gasteiger partial charge on any atom is 0.220 e. The van der Waals surface area contributed by atoms with Gasteiger partial charge in [0.2, 0.25) is 5.91 Å². The Kier molecular flexibility index (Phi) is 15.8. The Balaban J connectivity index is 2.69.